The van der Waals surface area contributed by atoms with Gasteiger partial charge in [-0.2, -0.15) is 5.10 Å². The first kappa shape index (κ1) is 17.1. The predicted octanol–water partition coefficient (Wildman–Crippen LogP) is 0.915. The highest BCUT2D eigenvalue weighted by Crippen LogP contribution is 2.26. The summed E-state index contributed by atoms with van der Waals surface area (Å²) in [6, 6.07) is 3.56. The third-order valence-corrected chi connectivity index (χ3v) is 4.19. The first-order valence-corrected chi connectivity index (χ1v) is 8.10. The highest BCUT2D eigenvalue weighted by atomic mass is 16.5. The maximum atomic E-state index is 12.6. The van der Waals surface area contributed by atoms with Gasteiger partial charge in [-0.15, -0.1) is 0 Å². The second kappa shape index (κ2) is 7.43. The molecule has 1 fully saturated rings. The highest BCUT2D eigenvalue weighted by Gasteiger charge is 2.34. The molecular formula is C17H21N5O3. The number of ether oxygens (including phenoxy) is 1. The number of carbonyl (C=O) groups is 2. The van der Waals surface area contributed by atoms with Crippen LogP contribution in [0.2, 0.25) is 0 Å². The van der Waals surface area contributed by atoms with Crippen molar-refractivity contribution < 1.29 is 14.3 Å². The third-order valence-electron chi connectivity index (χ3n) is 4.19. The standard InChI is InChI=1S/C17H21N5O3/c1-21-10-13(9-19-21)16-14(4-3-5-18-16)20-17(24)12-8-15(23)22(11-12)6-7-25-2/h3-5,9-10,12H,6-8,11H2,1-2H3,(H,20,24). The van der Waals surface area contributed by atoms with Crippen LogP contribution >= 0.6 is 0 Å². The van der Waals surface area contributed by atoms with Gasteiger partial charge in [-0.1, -0.05) is 0 Å². The Morgan fingerprint density at radius 3 is 3.04 bits per heavy atom. The number of amides is 2. The number of nitrogens with one attached hydrogen (secondary N) is 1. The lowest BCUT2D eigenvalue weighted by Gasteiger charge is -2.16. The maximum absolute atomic E-state index is 12.6. The molecule has 0 aliphatic carbocycles. The van der Waals surface area contributed by atoms with Gasteiger partial charge in [-0.3, -0.25) is 19.3 Å². The normalized spacial score (nSPS) is 17.1. The van der Waals surface area contributed by atoms with E-state index >= 15 is 0 Å². The average molecular weight is 343 g/mol. The Balaban J connectivity index is 1.71. The van der Waals surface area contributed by atoms with E-state index in [9.17, 15) is 9.59 Å². The Hall–Kier alpha value is -2.74. The van der Waals surface area contributed by atoms with Crippen LogP contribution in [0.3, 0.4) is 0 Å². The zero-order valence-electron chi connectivity index (χ0n) is 14.3. The molecule has 1 atom stereocenters. The van der Waals surface area contributed by atoms with Crippen LogP contribution in [0.25, 0.3) is 11.3 Å². The van der Waals surface area contributed by atoms with E-state index in [-0.39, 0.29) is 24.2 Å². The molecule has 0 saturated carbocycles. The van der Waals surface area contributed by atoms with Crippen molar-refractivity contribution in [1.82, 2.24) is 19.7 Å². The lowest BCUT2D eigenvalue weighted by atomic mass is 10.1. The minimum absolute atomic E-state index is 0.0177. The van der Waals surface area contributed by atoms with Crippen molar-refractivity contribution in [3.05, 3.63) is 30.7 Å². The molecule has 3 rings (SSSR count). The SMILES string of the molecule is COCCN1CC(C(=O)Nc2cccnc2-c2cnn(C)c2)CC1=O. The summed E-state index contributed by atoms with van der Waals surface area (Å²) in [5, 5.41) is 7.05. The van der Waals surface area contributed by atoms with Gasteiger partial charge in [0.25, 0.3) is 0 Å². The molecule has 0 aromatic carbocycles. The molecule has 2 amide bonds. The van der Waals surface area contributed by atoms with Crippen molar-refractivity contribution in [1.29, 1.82) is 0 Å². The summed E-state index contributed by atoms with van der Waals surface area (Å²) < 4.78 is 6.68. The molecule has 0 spiro atoms. The predicted molar refractivity (Wildman–Crippen MR) is 91.6 cm³/mol. The Bertz CT molecular complexity index is 773. The van der Waals surface area contributed by atoms with Crippen molar-refractivity contribution >= 4 is 17.5 Å². The van der Waals surface area contributed by atoms with Crippen molar-refractivity contribution in [3.8, 4) is 11.3 Å². The Kier molecular flexibility index (Phi) is 5.08. The van der Waals surface area contributed by atoms with Gasteiger partial charge in [0, 0.05) is 51.6 Å². The molecule has 2 aromatic rings. The molecule has 1 N–H and O–H groups in total. The van der Waals surface area contributed by atoms with Gasteiger partial charge in [0.05, 0.1) is 30.1 Å². The monoisotopic (exact) mass is 343 g/mol. The summed E-state index contributed by atoms with van der Waals surface area (Å²) in [6.45, 7) is 1.39. The van der Waals surface area contributed by atoms with Crippen LogP contribution in [0.15, 0.2) is 30.7 Å². The fourth-order valence-corrected chi connectivity index (χ4v) is 2.88. The van der Waals surface area contributed by atoms with E-state index in [2.05, 4.69) is 15.4 Å². The first-order valence-electron chi connectivity index (χ1n) is 8.10. The summed E-state index contributed by atoms with van der Waals surface area (Å²) in [7, 11) is 3.41. The molecule has 8 heteroatoms. The molecule has 1 saturated heterocycles. The molecule has 1 aliphatic rings. The molecule has 1 aliphatic heterocycles. The van der Waals surface area contributed by atoms with E-state index in [1.807, 2.05) is 13.2 Å². The van der Waals surface area contributed by atoms with Crippen molar-refractivity contribution in [2.45, 2.75) is 6.42 Å². The second-order valence-corrected chi connectivity index (χ2v) is 6.03. The quantitative estimate of drug-likeness (QED) is 0.842. The van der Waals surface area contributed by atoms with E-state index in [0.29, 0.717) is 31.1 Å². The number of hydrogen-bond donors (Lipinski definition) is 1. The molecule has 3 heterocycles. The zero-order chi connectivity index (χ0) is 17.8. The lowest BCUT2D eigenvalue weighted by Crippen LogP contribution is -2.30. The van der Waals surface area contributed by atoms with Gasteiger partial charge >= 0.3 is 0 Å². The number of aromatic nitrogens is 3. The van der Waals surface area contributed by atoms with Crippen LogP contribution in [-0.4, -0.2) is 58.3 Å². The Morgan fingerprint density at radius 2 is 2.32 bits per heavy atom. The summed E-state index contributed by atoms with van der Waals surface area (Å²) in [5.74, 6) is -0.561. The van der Waals surface area contributed by atoms with Gasteiger partial charge in [-0.25, -0.2) is 0 Å². The average Bonchev–Trinajstić information content (AvgIpc) is 3.19. The Labute approximate surface area is 145 Å². The van der Waals surface area contributed by atoms with E-state index in [1.54, 1.807) is 41.2 Å². The molecule has 132 valence electrons. The fraction of sp³-hybridized carbons (Fsp3) is 0.412. The number of rotatable bonds is 6. The van der Waals surface area contributed by atoms with Crippen LogP contribution in [0.4, 0.5) is 5.69 Å². The van der Waals surface area contributed by atoms with Gasteiger partial charge in [-0.05, 0) is 12.1 Å². The molecular weight excluding hydrogens is 322 g/mol. The van der Waals surface area contributed by atoms with Gasteiger partial charge in [0.15, 0.2) is 0 Å². The molecule has 2 aromatic heterocycles. The molecule has 1 unspecified atom stereocenters. The topological polar surface area (TPSA) is 89.3 Å². The van der Waals surface area contributed by atoms with E-state index in [4.69, 9.17) is 4.74 Å². The van der Waals surface area contributed by atoms with Crippen LogP contribution in [0.1, 0.15) is 6.42 Å². The fourth-order valence-electron chi connectivity index (χ4n) is 2.88. The summed E-state index contributed by atoms with van der Waals surface area (Å²) in [6.07, 6.45) is 5.43. The largest absolute Gasteiger partial charge is 0.383 e. The van der Waals surface area contributed by atoms with Crippen LogP contribution in [0, 0.1) is 5.92 Å². The molecule has 0 bridgehead atoms. The Morgan fingerprint density at radius 1 is 1.48 bits per heavy atom. The lowest BCUT2D eigenvalue weighted by molar-refractivity contribution is -0.128. The number of likely N-dealkylation sites (tertiary alicyclic amines) is 1. The van der Waals surface area contributed by atoms with Gasteiger partial charge < -0.3 is 15.0 Å². The van der Waals surface area contributed by atoms with Crippen LogP contribution < -0.4 is 5.32 Å². The molecule has 0 radical (unpaired) electrons. The smallest absolute Gasteiger partial charge is 0.229 e. The number of nitrogens with zero attached hydrogens (tertiary/aromatic N) is 4. The summed E-state index contributed by atoms with van der Waals surface area (Å²) >= 11 is 0. The zero-order valence-corrected chi connectivity index (χ0v) is 14.3. The number of carbonyl (C=O) groups excluding carboxylic acids is 2. The second-order valence-electron chi connectivity index (χ2n) is 6.03. The van der Waals surface area contributed by atoms with Crippen LogP contribution in [-0.2, 0) is 21.4 Å². The first-order chi connectivity index (χ1) is 12.1. The number of anilines is 1. The number of pyridine rings is 1. The van der Waals surface area contributed by atoms with Crippen LogP contribution in [0.5, 0.6) is 0 Å². The minimum Gasteiger partial charge on any atom is -0.383 e. The summed E-state index contributed by atoms with van der Waals surface area (Å²) in [5.41, 5.74) is 2.09. The van der Waals surface area contributed by atoms with E-state index < -0.39 is 0 Å². The number of aryl methyl sites for hydroxylation is 1. The summed E-state index contributed by atoms with van der Waals surface area (Å²) in [4.78, 5) is 30.6. The highest BCUT2D eigenvalue weighted by molar-refractivity contribution is 5.99. The van der Waals surface area contributed by atoms with E-state index in [0.717, 1.165) is 5.56 Å². The minimum atomic E-state index is -0.369. The van der Waals surface area contributed by atoms with Crippen molar-refractivity contribution in [2.75, 3.05) is 32.1 Å². The van der Waals surface area contributed by atoms with Gasteiger partial charge in [0.1, 0.15) is 0 Å². The molecule has 25 heavy (non-hydrogen) atoms. The maximum Gasteiger partial charge on any atom is 0.229 e. The van der Waals surface area contributed by atoms with Crippen molar-refractivity contribution in [3.63, 3.8) is 0 Å². The van der Waals surface area contributed by atoms with Crippen molar-refractivity contribution in [2.24, 2.45) is 13.0 Å². The number of methoxy groups -OCH3 is 1. The molecule has 8 nitrogen and oxygen atoms in total. The van der Waals surface area contributed by atoms with E-state index in [1.165, 1.54) is 0 Å². The van der Waals surface area contributed by atoms with Gasteiger partial charge in [0.2, 0.25) is 11.8 Å². The number of hydrogen-bond acceptors (Lipinski definition) is 5. The third kappa shape index (κ3) is 3.85.